The molecule has 4 nitrogen and oxygen atoms in total. The second-order valence-electron chi connectivity index (χ2n) is 8.48. The summed E-state index contributed by atoms with van der Waals surface area (Å²) in [4.78, 5) is 28.0. The number of thioether (sulfide) groups is 1. The van der Waals surface area contributed by atoms with Crippen molar-refractivity contribution in [3.8, 4) is 0 Å². The molecule has 1 aliphatic carbocycles. The normalized spacial score (nSPS) is 14.8. The molecule has 1 atom stereocenters. The number of hydrogen-bond donors (Lipinski definition) is 1. The molecule has 0 radical (unpaired) electrons. The number of nitrogens with zero attached hydrogens (tertiary/aromatic N) is 1. The summed E-state index contributed by atoms with van der Waals surface area (Å²) in [6.07, 6.45) is 4.81. The first-order valence-corrected chi connectivity index (χ1v) is 12.6. The van der Waals surface area contributed by atoms with Crippen LogP contribution in [0.25, 0.3) is 0 Å². The summed E-state index contributed by atoms with van der Waals surface area (Å²) < 4.78 is 13.4. The Morgan fingerprint density at radius 1 is 1.12 bits per heavy atom. The van der Waals surface area contributed by atoms with Crippen LogP contribution in [0.5, 0.6) is 0 Å². The van der Waals surface area contributed by atoms with E-state index in [2.05, 4.69) is 24.4 Å². The number of carbonyl (C=O) groups excluding carboxylic acids is 2. The summed E-state index contributed by atoms with van der Waals surface area (Å²) in [5.74, 6) is 0.572. The zero-order valence-corrected chi connectivity index (χ0v) is 19.8. The van der Waals surface area contributed by atoms with Crippen molar-refractivity contribution in [1.82, 2.24) is 10.2 Å². The lowest BCUT2D eigenvalue weighted by Crippen LogP contribution is -2.51. The van der Waals surface area contributed by atoms with Gasteiger partial charge in [0, 0.05) is 18.3 Å². The minimum absolute atomic E-state index is 0.0682. The molecular weight excluding hydrogens is 423 g/mol. The lowest BCUT2D eigenvalue weighted by atomic mass is 10.1. The fourth-order valence-corrected chi connectivity index (χ4v) is 5.16. The predicted octanol–water partition coefficient (Wildman–Crippen LogP) is 5.23. The molecule has 2 amide bonds. The van der Waals surface area contributed by atoms with Gasteiger partial charge >= 0.3 is 0 Å². The van der Waals surface area contributed by atoms with E-state index in [0.29, 0.717) is 18.7 Å². The molecule has 1 aliphatic rings. The van der Waals surface area contributed by atoms with Gasteiger partial charge < -0.3 is 10.2 Å². The second kappa shape index (κ2) is 12.0. The maximum atomic E-state index is 13.4. The standard InChI is InChI=1S/C26H33FN2O2S/c1-3-24(26(31)28-23-10-6-7-11-23)29(16-20-12-14-22(27)15-13-20)25(30)18-32-17-21-9-5-4-8-19(21)2/h4-5,8-9,12-15,23-24H,3,6-7,10-11,16-18H2,1-2H3,(H,28,31)/t24-/m1/s1. The Morgan fingerprint density at radius 2 is 1.81 bits per heavy atom. The third kappa shape index (κ3) is 6.83. The zero-order chi connectivity index (χ0) is 22.9. The van der Waals surface area contributed by atoms with E-state index < -0.39 is 6.04 Å². The number of amides is 2. The number of benzene rings is 2. The van der Waals surface area contributed by atoms with Crippen molar-refractivity contribution >= 4 is 23.6 Å². The Hall–Kier alpha value is -2.34. The minimum Gasteiger partial charge on any atom is -0.352 e. The van der Waals surface area contributed by atoms with Gasteiger partial charge in [-0.2, -0.15) is 0 Å². The average molecular weight is 457 g/mol. The molecule has 1 N–H and O–H groups in total. The quantitative estimate of drug-likeness (QED) is 0.532. The molecule has 0 heterocycles. The van der Waals surface area contributed by atoms with Gasteiger partial charge in [0.05, 0.1) is 5.75 Å². The van der Waals surface area contributed by atoms with Crippen molar-refractivity contribution in [2.75, 3.05) is 5.75 Å². The van der Waals surface area contributed by atoms with Gasteiger partial charge in [0.25, 0.3) is 0 Å². The molecule has 172 valence electrons. The smallest absolute Gasteiger partial charge is 0.243 e. The van der Waals surface area contributed by atoms with Crippen LogP contribution in [0.2, 0.25) is 0 Å². The molecule has 3 rings (SSSR count). The van der Waals surface area contributed by atoms with Crippen LogP contribution in [0.1, 0.15) is 55.7 Å². The molecule has 0 spiro atoms. The van der Waals surface area contributed by atoms with Crippen LogP contribution in [0.15, 0.2) is 48.5 Å². The fourth-order valence-electron chi connectivity index (χ4n) is 4.18. The van der Waals surface area contributed by atoms with Crippen LogP contribution in [0.3, 0.4) is 0 Å². The lowest BCUT2D eigenvalue weighted by molar-refractivity contribution is -0.139. The first-order valence-electron chi connectivity index (χ1n) is 11.4. The first-order chi connectivity index (χ1) is 15.5. The van der Waals surface area contributed by atoms with Crippen molar-refractivity contribution in [1.29, 1.82) is 0 Å². The second-order valence-corrected chi connectivity index (χ2v) is 9.47. The molecular formula is C26H33FN2O2S. The molecule has 0 bridgehead atoms. The van der Waals surface area contributed by atoms with Crippen LogP contribution in [-0.2, 0) is 21.9 Å². The third-order valence-electron chi connectivity index (χ3n) is 6.10. The third-order valence-corrected chi connectivity index (χ3v) is 7.06. The van der Waals surface area contributed by atoms with E-state index in [0.717, 1.165) is 37.0 Å². The zero-order valence-electron chi connectivity index (χ0n) is 19.0. The van der Waals surface area contributed by atoms with Gasteiger partial charge in [-0.05, 0) is 55.0 Å². The highest BCUT2D eigenvalue weighted by molar-refractivity contribution is 7.99. The lowest BCUT2D eigenvalue weighted by Gasteiger charge is -2.31. The first kappa shape index (κ1) is 24.3. The van der Waals surface area contributed by atoms with Crippen molar-refractivity contribution in [2.45, 2.75) is 70.3 Å². The number of carbonyl (C=O) groups is 2. The van der Waals surface area contributed by atoms with Gasteiger partial charge in [-0.1, -0.05) is 56.2 Å². The van der Waals surface area contributed by atoms with Gasteiger partial charge in [0.15, 0.2) is 0 Å². The van der Waals surface area contributed by atoms with Crippen molar-refractivity contribution in [2.24, 2.45) is 0 Å². The summed E-state index contributed by atoms with van der Waals surface area (Å²) in [5, 5.41) is 3.15. The van der Waals surface area contributed by atoms with Gasteiger partial charge in [-0.15, -0.1) is 11.8 Å². The molecule has 1 fully saturated rings. The highest BCUT2D eigenvalue weighted by Gasteiger charge is 2.30. The molecule has 1 saturated carbocycles. The van der Waals surface area contributed by atoms with Crippen molar-refractivity contribution in [3.05, 3.63) is 71.0 Å². The van der Waals surface area contributed by atoms with E-state index in [1.54, 1.807) is 28.8 Å². The Labute approximate surface area is 195 Å². The highest BCUT2D eigenvalue weighted by atomic mass is 32.2. The van der Waals surface area contributed by atoms with E-state index in [4.69, 9.17) is 0 Å². The summed E-state index contributed by atoms with van der Waals surface area (Å²) >= 11 is 1.56. The van der Waals surface area contributed by atoms with Crippen LogP contribution in [-0.4, -0.2) is 34.6 Å². The van der Waals surface area contributed by atoms with Gasteiger partial charge in [0.1, 0.15) is 11.9 Å². The molecule has 0 aliphatic heterocycles. The molecule has 6 heteroatoms. The Kier molecular flexibility index (Phi) is 9.15. The van der Waals surface area contributed by atoms with Crippen LogP contribution in [0.4, 0.5) is 4.39 Å². The predicted molar refractivity (Wildman–Crippen MR) is 129 cm³/mol. The van der Waals surface area contributed by atoms with E-state index in [1.165, 1.54) is 23.3 Å². The summed E-state index contributed by atoms with van der Waals surface area (Å²) in [6.45, 7) is 4.30. The summed E-state index contributed by atoms with van der Waals surface area (Å²) in [5.41, 5.74) is 3.23. The largest absolute Gasteiger partial charge is 0.352 e. The fraction of sp³-hybridized carbons (Fsp3) is 0.462. The van der Waals surface area contributed by atoms with Crippen LogP contribution >= 0.6 is 11.8 Å². The van der Waals surface area contributed by atoms with E-state index in [9.17, 15) is 14.0 Å². The molecule has 0 saturated heterocycles. The minimum atomic E-state index is -0.535. The van der Waals surface area contributed by atoms with Gasteiger partial charge in [-0.25, -0.2) is 4.39 Å². The Balaban J connectivity index is 1.70. The van der Waals surface area contributed by atoms with E-state index in [1.807, 2.05) is 19.1 Å². The summed E-state index contributed by atoms with van der Waals surface area (Å²) in [7, 11) is 0. The number of halogens is 1. The topological polar surface area (TPSA) is 49.4 Å². The summed E-state index contributed by atoms with van der Waals surface area (Å²) in [6, 6.07) is 14.0. The van der Waals surface area contributed by atoms with Crippen LogP contribution in [0, 0.1) is 12.7 Å². The molecule has 2 aromatic rings. The number of hydrogen-bond acceptors (Lipinski definition) is 3. The molecule has 32 heavy (non-hydrogen) atoms. The number of rotatable bonds is 10. The monoisotopic (exact) mass is 456 g/mol. The molecule has 0 unspecified atom stereocenters. The Bertz CT molecular complexity index is 897. The van der Waals surface area contributed by atoms with E-state index in [-0.39, 0.29) is 23.7 Å². The Morgan fingerprint density at radius 3 is 2.47 bits per heavy atom. The molecule has 2 aromatic carbocycles. The number of aryl methyl sites for hydroxylation is 1. The van der Waals surface area contributed by atoms with Crippen LogP contribution < -0.4 is 5.32 Å². The maximum Gasteiger partial charge on any atom is 0.243 e. The SMILES string of the molecule is CC[C@H](C(=O)NC1CCCC1)N(Cc1ccc(F)cc1)C(=O)CSCc1ccccc1C. The van der Waals surface area contributed by atoms with Crippen molar-refractivity contribution < 1.29 is 14.0 Å². The van der Waals surface area contributed by atoms with Crippen molar-refractivity contribution in [3.63, 3.8) is 0 Å². The van der Waals surface area contributed by atoms with Gasteiger partial charge in [-0.3, -0.25) is 9.59 Å². The van der Waals surface area contributed by atoms with E-state index >= 15 is 0 Å². The maximum absolute atomic E-state index is 13.4. The molecule has 0 aromatic heterocycles. The highest BCUT2D eigenvalue weighted by Crippen LogP contribution is 2.21. The number of nitrogens with one attached hydrogen (secondary N) is 1. The van der Waals surface area contributed by atoms with Gasteiger partial charge in [0.2, 0.25) is 11.8 Å². The average Bonchev–Trinajstić information content (AvgIpc) is 3.29.